The number of aromatic hydroxyl groups is 1. The number of nitrogens with one attached hydrogen (secondary N) is 1. The van der Waals surface area contributed by atoms with Gasteiger partial charge in [-0.25, -0.2) is 5.43 Å². The number of nitrogens with zero attached hydrogens (tertiary/aromatic N) is 1. The van der Waals surface area contributed by atoms with E-state index < -0.39 is 5.91 Å². The summed E-state index contributed by atoms with van der Waals surface area (Å²) in [6, 6.07) is 11.8. The van der Waals surface area contributed by atoms with Gasteiger partial charge in [0.05, 0.1) is 20.4 Å². The first-order chi connectivity index (χ1) is 11.6. The van der Waals surface area contributed by atoms with Crippen molar-refractivity contribution < 1.29 is 24.1 Å². The Bertz CT molecular complexity index is 713. The first-order valence-electron chi connectivity index (χ1n) is 7.08. The highest BCUT2D eigenvalue weighted by Gasteiger charge is 2.05. The molecule has 0 saturated carbocycles. The van der Waals surface area contributed by atoms with Crippen LogP contribution in [0.5, 0.6) is 23.0 Å². The second-order valence-electron chi connectivity index (χ2n) is 4.66. The maximum Gasteiger partial charge on any atom is 0.277 e. The van der Waals surface area contributed by atoms with Gasteiger partial charge in [-0.1, -0.05) is 6.07 Å². The molecule has 0 unspecified atom stereocenters. The van der Waals surface area contributed by atoms with Crippen molar-refractivity contribution in [2.45, 2.75) is 0 Å². The number of ether oxygens (including phenoxy) is 3. The molecule has 0 spiro atoms. The van der Waals surface area contributed by atoms with Crippen LogP contribution in [0.25, 0.3) is 0 Å². The molecule has 0 atom stereocenters. The fraction of sp³-hybridized carbons (Fsp3) is 0.176. The van der Waals surface area contributed by atoms with Gasteiger partial charge in [0.15, 0.2) is 18.1 Å². The highest BCUT2D eigenvalue weighted by Crippen LogP contribution is 2.27. The van der Waals surface area contributed by atoms with Crippen LogP contribution in [-0.2, 0) is 4.79 Å². The summed E-state index contributed by atoms with van der Waals surface area (Å²) in [7, 11) is 3.02. The lowest BCUT2D eigenvalue weighted by Crippen LogP contribution is -2.24. The Labute approximate surface area is 139 Å². The number of benzene rings is 2. The van der Waals surface area contributed by atoms with Gasteiger partial charge in [-0.3, -0.25) is 4.79 Å². The van der Waals surface area contributed by atoms with Crippen LogP contribution >= 0.6 is 0 Å². The van der Waals surface area contributed by atoms with Crippen LogP contribution in [0.1, 0.15) is 5.56 Å². The number of phenolic OH excluding ortho intramolecular Hbond substituents is 1. The predicted octanol–water partition coefficient (Wildman–Crippen LogP) is 1.94. The van der Waals surface area contributed by atoms with Crippen LogP contribution in [0.2, 0.25) is 0 Å². The zero-order valence-corrected chi connectivity index (χ0v) is 13.4. The van der Waals surface area contributed by atoms with Crippen molar-refractivity contribution >= 4 is 12.1 Å². The minimum atomic E-state index is -0.426. The van der Waals surface area contributed by atoms with E-state index in [1.54, 1.807) is 49.6 Å². The maximum absolute atomic E-state index is 11.7. The Morgan fingerprint density at radius 1 is 1.12 bits per heavy atom. The fourth-order valence-electron chi connectivity index (χ4n) is 1.84. The van der Waals surface area contributed by atoms with Crippen LogP contribution in [0.15, 0.2) is 47.6 Å². The summed E-state index contributed by atoms with van der Waals surface area (Å²) in [5.74, 6) is 1.10. The van der Waals surface area contributed by atoms with Crippen molar-refractivity contribution in [1.82, 2.24) is 5.43 Å². The molecule has 0 radical (unpaired) electrons. The van der Waals surface area contributed by atoms with Gasteiger partial charge in [0.2, 0.25) is 0 Å². The molecule has 2 aromatic carbocycles. The van der Waals surface area contributed by atoms with Gasteiger partial charge in [0.25, 0.3) is 5.91 Å². The Hall–Kier alpha value is -3.22. The number of carbonyl (C=O) groups excluding carboxylic acids is 1. The summed E-state index contributed by atoms with van der Waals surface area (Å²) in [6.45, 7) is -0.187. The highest BCUT2D eigenvalue weighted by atomic mass is 16.5. The van der Waals surface area contributed by atoms with Gasteiger partial charge >= 0.3 is 0 Å². The van der Waals surface area contributed by atoms with E-state index >= 15 is 0 Å². The van der Waals surface area contributed by atoms with Crippen molar-refractivity contribution in [3.8, 4) is 23.0 Å². The zero-order chi connectivity index (χ0) is 17.4. The second kappa shape index (κ2) is 8.42. The molecule has 0 bridgehead atoms. The predicted molar refractivity (Wildman–Crippen MR) is 88.9 cm³/mol. The van der Waals surface area contributed by atoms with E-state index in [1.165, 1.54) is 13.3 Å². The molecule has 2 N–H and O–H groups in total. The number of rotatable bonds is 7. The third-order valence-electron chi connectivity index (χ3n) is 3.07. The van der Waals surface area contributed by atoms with Gasteiger partial charge in [-0.15, -0.1) is 0 Å². The van der Waals surface area contributed by atoms with Crippen LogP contribution in [0, 0.1) is 0 Å². The van der Waals surface area contributed by atoms with Gasteiger partial charge in [0, 0.05) is 5.56 Å². The highest BCUT2D eigenvalue weighted by molar-refractivity contribution is 5.86. The minimum absolute atomic E-state index is 0.0486. The number of methoxy groups -OCH3 is 2. The molecule has 126 valence electrons. The van der Waals surface area contributed by atoms with Crippen molar-refractivity contribution in [2.75, 3.05) is 20.8 Å². The van der Waals surface area contributed by atoms with Crippen molar-refractivity contribution in [3.05, 3.63) is 48.0 Å². The van der Waals surface area contributed by atoms with E-state index in [9.17, 15) is 9.90 Å². The summed E-state index contributed by atoms with van der Waals surface area (Å²) >= 11 is 0. The second-order valence-corrected chi connectivity index (χ2v) is 4.66. The van der Waals surface area contributed by atoms with E-state index in [4.69, 9.17) is 14.2 Å². The van der Waals surface area contributed by atoms with E-state index in [-0.39, 0.29) is 12.4 Å². The summed E-state index contributed by atoms with van der Waals surface area (Å²) in [5, 5.41) is 13.7. The van der Waals surface area contributed by atoms with E-state index in [2.05, 4.69) is 10.5 Å². The quantitative estimate of drug-likeness (QED) is 0.598. The van der Waals surface area contributed by atoms with Gasteiger partial charge in [-0.05, 0) is 36.4 Å². The molecule has 7 nitrogen and oxygen atoms in total. The number of phenols is 1. The topological polar surface area (TPSA) is 89.4 Å². The third kappa shape index (κ3) is 4.64. The smallest absolute Gasteiger partial charge is 0.277 e. The number of hydrogen-bond donors (Lipinski definition) is 2. The number of carbonyl (C=O) groups is 1. The molecule has 0 saturated heterocycles. The normalized spacial score (nSPS) is 10.4. The number of amides is 1. The van der Waals surface area contributed by atoms with Gasteiger partial charge in [-0.2, -0.15) is 5.10 Å². The Kier molecular flexibility index (Phi) is 6.01. The van der Waals surface area contributed by atoms with Crippen molar-refractivity contribution in [2.24, 2.45) is 5.10 Å². The molecular formula is C17H18N2O5. The molecule has 0 fully saturated rings. The molecule has 0 aliphatic rings. The van der Waals surface area contributed by atoms with E-state index in [1.807, 2.05) is 0 Å². The summed E-state index contributed by atoms with van der Waals surface area (Å²) in [4.78, 5) is 11.7. The van der Waals surface area contributed by atoms with E-state index in [0.717, 1.165) is 0 Å². The lowest BCUT2D eigenvalue weighted by Gasteiger charge is -2.06. The average molecular weight is 330 g/mol. The molecule has 24 heavy (non-hydrogen) atoms. The Balaban J connectivity index is 1.84. The van der Waals surface area contributed by atoms with Crippen molar-refractivity contribution in [1.29, 1.82) is 0 Å². The van der Waals surface area contributed by atoms with Crippen LogP contribution < -0.4 is 19.6 Å². The van der Waals surface area contributed by atoms with Gasteiger partial charge < -0.3 is 19.3 Å². The van der Waals surface area contributed by atoms with Crippen molar-refractivity contribution in [3.63, 3.8) is 0 Å². The molecule has 1 amide bonds. The fourth-order valence-corrected chi connectivity index (χ4v) is 1.84. The van der Waals surface area contributed by atoms with Crippen LogP contribution in [0.4, 0.5) is 0 Å². The summed E-state index contributed by atoms with van der Waals surface area (Å²) < 4.78 is 15.3. The monoisotopic (exact) mass is 330 g/mol. The molecule has 0 aromatic heterocycles. The molecule has 2 rings (SSSR count). The number of para-hydroxylation sites is 1. The van der Waals surface area contributed by atoms with Crippen LogP contribution in [-0.4, -0.2) is 38.1 Å². The largest absolute Gasteiger partial charge is 0.504 e. The standard InChI is InChI=1S/C17H18N2O5/c1-22-13-6-8-14(9-7-13)24-11-16(20)19-18-10-12-4-3-5-15(23-2)17(12)21/h3-10,21H,11H2,1-2H3,(H,19,20)/b18-10-. The number of hydrazone groups is 1. The minimum Gasteiger partial charge on any atom is -0.504 e. The molecule has 7 heteroatoms. The average Bonchev–Trinajstić information content (AvgIpc) is 2.62. The Morgan fingerprint density at radius 3 is 2.50 bits per heavy atom. The Morgan fingerprint density at radius 2 is 1.83 bits per heavy atom. The summed E-state index contributed by atoms with van der Waals surface area (Å²) in [5.41, 5.74) is 2.74. The number of hydrogen-bond acceptors (Lipinski definition) is 6. The third-order valence-corrected chi connectivity index (χ3v) is 3.07. The van der Waals surface area contributed by atoms with Crippen LogP contribution in [0.3, 0.4) is 0 Å². The zero-order valence-electron chi connectivity index (χ0n) is 13.4. The van der Waals surface area contributed by atoms with E-state index in [0.29, 0.717) is 22.8 Å². The molecule has 0 aliphatic carbocycles. The lowest BCUT2D eigenvalue weighted by atomic mass is 10.2. The molecule has 0 aliphatic heterocycles. The first kappa shape index (κ1) is 17.1. The SMILES string of the molecule is COc1ccc(OCC(=O)N/N=C\c2cccc(OC)c2O)cc1. The molecule has 0 heterocycles. The molecule has 2 aromatic rings. The van der Waals surface area contributed by atoms with Gasteiger partial charge in [0.1, 0.15) is 11.5 Å². The lowest BCUT2D eigenvalue weighted by molar-refractivity contribution is -0.123. The maximum atomic E-state index is 11.7. The first-order valence-corrected chi connectivity index (χ1v) is 7.08. The molecular weight excluding hydrogens is 312 g/mol. The summed E-state index contributed by atoms with van der Waals surface area (Å²) in [6.07, 6.45) is 1.32.